The standard InChI is InChI=1S/C16H24N2O2S2/c1-3-12(19)13-14(20)18-9(2)16(22-15(13)18)21-11-6-7-17(8-11)10-4-5-10/h10-13,15,19H,3-8H2,1-2H3/t11?,12-,13+,15+/m0/s1. The highest BCUT2D eigenvalue weighted by Crippen LogP contribution is 2.55. The van der Waals surface area contributed by atoms with Crippen LogP contribution in [0.15, 0.2) is 9.93 Å². The summed E-state index contributed by atoms with van der Waals surface area (Å²) in [6.45, 7) is 6.45. The van der Waals surface area contributed by atoms with Gasteiger partial charge < -0.3 is 10.0 Å². The van der Waals surface area contributed by atoms with Gasteiger partial charge in [-0.1, -0.05) is 18.7 Å². The van der Waals surface area contributed by atoms with Crippen LogP contribution in [0.3, 0.4) is 0 Å². The van der Waals surface area contributed by atoms with E-state index in [9.17, 15) is 9.90 Å². The van der Waals surface area contributed by atoms with Gasteiger partial charge in [-0.25, -0.2) is 0 Å². The van der Waals surface area contributed by atoms with Crippen molar-refractivity contribution in [3.8, 4) is 0 Å². The zero-order chi connectivity index (χ0) is 15.4. The lowest BCUT2D eigenvalue weighted by molar-refractivity contribution is -0.153. The summed E-state index contributed by atoms with van der Waals surface area (Å²) in [5.41, 5.74) is 1.12. The number of fused-ring (bicyclic) bond motifs is 1. The minimum absolute atomic E-state index is 0.117. The van der Waals surface area contributed by atoms with Gasteiger partial charge in [0.15, 0.2) is 0 Å². The zero-order valence-corrected chi connectivity index (χ0v) is 14.8. The number of β-lactam (4-membered cyclic amide) rings is 1. The molecule has 0 aromatic rings. The number of carbonyl (C=O) groups excluding carboxylic acids is 1. The van der Waals surface area contributed by atoms with Crippen LogP contribution in [0.25, 0.3) is 0 Å². The summed E-state index contributed by atoms with van der Waals surface area (Å²) >= 11 is 3.77. The Kier molecular flexibility index (Phi) is 4.00. The second-order valence-electron chi connectivity index (χ2n) is 6.85. The number of nitrogens with zero attached hydrogens (tertiary/aromatic N) is 2. The first-order chi connectivity index (χ1) is 10.6. The van der Waals surface area contributed by atoms with Gasteiger partial charge in [0.2, 0.25) is 5.91 Å². The maximum absolute atomic E-state index is 12.3. The predicted molar refractivity (Wildman–Crippen MR) is 91.3 cm³/mol. The third-order valence-electron chi connectivity index (χ3n) is 5.32. The molecule has 2 saturated heterocycles. The van der Waals surface area contributed by atoms with E-state index in [1.54, 1.807) is 11.8 Å². The Hall–Kier alpha value is -0.170. The average Bonchev–Trinajstić information content (AvgIpc) is 3.18. The van der Waals surface area contributed by atoms with Crippen LogP contribution in [0.5, 0.6) is 0 Å². The minimum Gasteiger partial charge on any atom is -0.392 e. The molecule has 4 rings (SSSR count). The molecule has 4 atom stereocenters. The second kappa shape index (κ2) is 5.72. The zero-order valence-electron chi connectivity index (χ0n) is 13.2. The summed E-state index contributed by atoms with van der Waals surface area (Å²) in [7, 11) is 0. The lowest BCUT2D eigenvalue weighted by Crippen LogP contribution is -2.60. The van der Waals surface area contributed by atoms with E-state index < -0.39 is 6.10 Å². The molecule has 3 heterocycles. The van der Waals surface area contributed by atoms with Crippen LogP contribution in [0.2, 0.25) is 0 Å². The Balaban J connectivity index is 1.39. The molecule has 3 fully saturated rings. The van der Waals surface area contributed by atoms with E-state index in [-0.39, 0.29) is 17.2 Å². The number of rotatable bonds is 5. The molecule has 1 unspecified atom stereocenters. The van der Waals surface area contributed by atoms with Gasteiger partial charge >= 0.3 is 0 Å². The molecule has 1 aliphatic carbocycles. The molecule has 0 aromatic heterocycles. The van der Waals surface area contributed by atoms with Crippen molar-refractivity contribution in [3.63, 3.8) is 0 Å². The van der Waals surface area contributed by atoms with Gasteiger partial charge in [-0.2, -0.15) is 0 Å². The van der Waals surface area contributed by atoms with Crippen molar-refractivity contribution in [1.82, 2.24) is 9.80 Å². The summed E-state index contributed by atoms with van der Waals surface area (Å²) in [5.74, 6) is -0.0828. The van der Waals surface area contributed by atoms with Gasteiger partial charge in [0, 0.05) is 23.5 Å². The lowest BCUT2D eigenvalue weighted by Gasteiger charge is -2.44. The summed E-state index contributed by atoms with van der Waals surface area (Å²) in [6.07, 6.45) is 4.19. The molecule has 0 aromatic carbocycles. The Morgan fingerprint density at radius 1 is 1.41 bits per heavy atom. The molecule has 22 heavy (non-hydrogen) atoms. The van der Waals surface area contributed by atoms with E-state index in [1.807, 2.05) is 23.6 Å². The first-order valence-corrected chi connectivity index (χ1v) is 10.2. The fraction of sp³-hybridized carbons (Fsp3) is 0.812. The van der Waals surface area contributed by atoms with E-state index in [4.69, 9.17) is 0 Å². The fourth-order valence-corrected chi connectivity index (χ4v) is 7.04. The lowest BCUT2D eigenvalue weighted by atomic mass is 9.90. The van der Waals surface area contributed by atoms with E-state index >= 15 is 0 Å². The molecule has 1 N–H and O–H groups in total. The third-order valence-corrected chi connectivity index (χ3v) is 8.38. The number of amides is 1. The predicted octanol–water partition coefficient (Wildman–Crippen LogP) is 2.45. The molecule has 6 heteroatoms. The third kappa shape index (κ3) is 2.43. The summed E-state index contributed by atoms with van der Waals surface area (Å²) in [5, 5.41) is 10.9. The highest BCUT2D eigenvalue weighted by Gasteiger charge is 2.55. The monoisotopic (exact) mass is 340 g/mol. The topological polar surface area (TPSA) is 43.8 Å². The Labute approximate surface area is 140 Å². The van der Waals surface area contributed by atoms with Gasteiger partial charge in [-0.15, -0.1) is 11.8 Å². The van der Waals surface area contributed by atoms with Crippen LogP contribution in [0.4, 0.5) is 0 Å². The quantitative estimate of drug-likeness (QED) is 0.779. The maximum Gasteiger partial charge on any atom is 0.236 e. The maximum atomic E-state index is 12.3. The normalized spacial score (nSPS) is 36.8. The van der Waals surface area contributed by atoms with Crippen molar-refractivity contribution < 1.29 is 9.90 Å². The van der Waals surface area contributed by atoms with Crippen LogP contribution >= 0.6 is 23.5 Å². The van der Waals surface area contributed by atoms with Gasteiger partial charge in [-0.05, 0) is 39.2 Å². The number of hydrogen-bond acceptors (Lipinski definition) is 5. The fourth-order valence-electron chi connectivity index (χ4n) is 3.76. The number of likely N-dealkylation sites (tertiary alicyclic amines) is 1. The van der Waals surface area contributed by atoms with Gasteiger partial charge in [0.1, 0.15) is 5.37 Å². The van der Waals surface area contributed by atoms with Crippen LogP contribution in [-0.2, 0) is 4.79 Å². The average molecular weight is 341 g/mol. The molecular weight excluding hydrogens is 316 g/mol. The van der Waals surface area contributed by atoms with Crippen molar-refractivity contribution in [2.45, 2.75) is 62.3 Å². The Bertz CT molecular complexity index is 520. The van der Waals surface area contributed by atoms with Gasteiger partial charge in [0.05, 0.1) is 16.3 Å². The van der Waals surface area contributed by atoms with Gasteiger partial charge in [-0.3, -0.25) is 9.69 Å². The summed E-state index contributed by atoms with van der Waals surface area (Å²) in [4.78, 5) is 16.8. The van der Waals surface area contributed by atoms with Crippen molar-refractivity contribution in [3.05, 3.63) is 9.93 Å². The summed E-state index contributed by atoms with van der Waals surface area (Å²) < 4.78 is 1.31. The SMILES string of the molecule is CC[C@H](O)[C@@H]1C(=O)N2C(C)=C(SC3CCN(C4CC4)C3)S[C@H]12. The van der Waals surface area contributed by atoms with E-state index in [1.165, 1.54) is 36.6 Å². The molecule has 1 amide bonds. The Morgan fingerprint density at radius 3 is 2.86 bits per heavy atom. The molecule has 4 aliphatic rings. The number of carbonyl (C=O) groups is 1. The number of allylic oxidation sites excluding steroid dienone is 1. The van der Waals surface area contributed by atoms with Crippen molar-refractivity contribution in [1.29, 1.82) is 0 Å². The van der Waals surface area contributed by atoms with Crippen molar-refractivity contribution in [2.24, 2.45) is 5.92 Å². The molecular formula is C16H24N2O2S2. The van der Waals surface area contributed by atoms with Crippen LogP contribution in [0.1, 0.15) is 39.5 Å². The molecule has 0 radical (unpaired) electrons. The highest BCUT2D eigenvalue weighted by atomic mass is 32.2. The van der Waals surface area contributed by atoms with Crippen LogP contribution in [0, 0.1) is 5.92 Å². The van der Waals surface area contributed by atoms with Crippen LogP contribution in [-0.4, -0.2) is 56.7 Å². The molecule has 3 aliphatic heterocycles. The number of aliphatic hydroxyl groups excluding tert-OH is 1. The van der Waals surface area contributed by atoms with E-state index in [0.717, 1.165) is 11.7 Å². The minimum atomic E-state index is -0.491. The highest BCUT2D eigenvalue weighted by molar-refractivity contribution is 8.23. The number of aliphatic hydroxyl groups is 1. The molecule has 0 spiro atoms. The van der Waals surface area contributed by atoms with Crippen molar-refractivity contribution in [2.75, 3.05) is 13.1 Å². The molecule has 122 valence electrons. The summed E-state index contributed by atoms with van der Waals surface area (Å²) in [6, 6.07) is 0.863. The van der Waals surface area contributed by atoms with Crippen LogP contribution < -0.4 is 0 Å². The second-order valence-corrected chi connectivity index (χ2v) is 9.54. The number of thioether (sulfide) groups is 2. The Morgan fingerprint density at radius 2 is 2.18 bits per heavy atom. The van der Waals surface area contributed by atoms with E-state index in [0.29, 0.717) is 11.7 Å². The smallest absolute Gasteiger partial charge is 0.236 e. The first-order valence-electron chi connectivity index (χ1n) is 8.39. The largest absolute Gasteiger partial charge is 0.392 e. The molecule has 0 bridgehead atoms. The van der Waals surface area contributed by atoms with Crippen molar-refractivity contribution >= 4 is 29.4 Å². The van der Waals surface area contributed by atoms with Gasteiger partial charge in [0.25, 0.3) is 0 Å². The van der Waals surface area contributed by atoms with E-state index in [2.05, 4.69) is 11.8 Å². The number of hydrogen-bond donors (Lipinski definition) is 1. The molecule has 1 saturated carbocycles. The molecule has 4 nitrogen and oxygen atoms in total. The first kappa shape index (κ1) is 15.4.